The highest BCUT2D eigenvalue weighted by atomic mass is 16.5. The van der Waals surface area contributed by atoms with Gasteiger partial charge in [-0.05, 0) is 24.7 Å². The largest absolute Gasteiger partial charge is 0.465 e. The summed E-state index contributed by atoms with van der Waals surface area (Å²) in [5.74, 6) is 2.27. The van der Waals surface area contributed by atoms with Crippen molar-refractivity contribution in [3.05, 3.63) is 0 Å². The third-order valence-electron chi connectivity index (χ3n) is 3.58. The van der Waals surface area contributed by atoms with Gasteiger partial charge in [-0.1, -0.05) is 13.8 Å². The summed E-state index contributed by atoms with van der Waals surface area (Å²) in [5.41, 5.74) is 0. The number of fused-ring (bicyclic) bond motifs is 1. The van der Waals surface area contributed by atoms with Gasteiger partial charge in [0.2, 0.25) is 0 Å². The summed E-state index contributed by atoms with van der Waals surface area (Å²) >= 11 is 0. The average Bonchev–Trinajstić information content (AvgIpc) is 2.35. The zero-order valence-electron chi connectivity index (χ0n) is 7.75. The topological polar surface area (TPSA) is 26.3 Å². The monoisotopic (exact) mass is 168 g/mol. The molecule has 0 aromatic rings. The summed E-state index contributed by atoms with van der Waals surface area (Å²) in [7, 11) is 0. The predicted octanol–water partition coefficient (Wildman–Crippen LogP) is 1.84. The Morgan fingerprint density at radius 2 is 1.92 bits per heavy atom. The normalized spacial score (nSPS) is 47.0. The maximum atomic E-state index is 11.2. The molecule has 0 aromatic carbocycles. The molecule has 1 saturated heterocycles. The molecule has 2 nitrogen and oxygen atoms in total. The molecule has 1 aliphatic heterocycles. The number of hydrogen-bond donors (Lipinski definition) is 0. The molecule has 0 aromatic heterocycles. The van der Waals surface area contributed by atoms with Crippen LogP contribution in [0, 0.1) is 23.7 Å². The molecule has 2 rings (SSSR count). The van der Waals surface area contributed by atoms with Gasteiger partial charge in [-0.15, -0.1) is 0 Å². The molecule has 0 bridgehead atoms. The third-order valence-corrected chi connectivity index (χ3v) is 3.58. The minimum atomic E-state index is 0.0544. The highest BCUT2D eigenvalue weighted by Crippen LogP contribution is 2.41. The van der Waals surface area contributed by atoms with Crippen molar-refractivity contribution < 1.29 is 9.53 Å². The van der Waals surface area contributed by atoms with Gasteiger partial charge >= 0.3 is 5.97 Å². The molecule has 0 N–H and O–H groups in total. The lowest BCUT2D eigenvalue weighted by Crippen LogP contribution is -2.29. The Kier molecular flexibility index (Phi) is 1.85. The summed E-state index contributed by atoms with van der Waals surface area (Å²) in [6.07, 6.45) is 2.22. The number of carbonyl (C=O) groups excluding carboxylic acids is 1. The van der Waals surface area contributed by atoms with Crippen LogP contribution in [-0.4, -0.2) is 12.6 Å². The van der Waals surface area contributed by atoms with E-state index in [0.717, 1.165) is 12.3 Å². The third kappa shape index (κ3) is 1.13. The molecule has 12 heavy (non-hydrogen) atoms. The van der Waals surface area contributed by atoms with Gasteiger partial charge in [-0.25, -0.2) is 0 Å². The molecule has 2 fully saturated rings. The number of cyclic esters (lactones) is 1. The molecule has 0 amide bonds. The zero-order chi connectivity index (χ0) is 8.72. The van der Waals surface area contributed by atoms with Crippen LogP contribution in [0.15, 0.2) is 0 Å². The van der Waals surface area contributed by atoms with Crippen molar-refractivity contribution >= 4 is 5.97 Å². The summed E-state index contributed by atoms with van der Waals surface area (Å²) < 4.78 is 5.06. The summed E-state index contributed by atoms with van der Waals surface area (Å²) in [4.78, 5) is 11.2. The SMILES string of the molecule is C[C@@H]1C[C@H]2C(=O)OC[C@H]2C[C@@H]1C. The standard InChI is InChI=1S/C10H16O2/c1-6-3-8-5-12-10(11)9(8)4-7(6)2/h6-9H,3-5H2,1-2H3/t6-,7+,8+,9+/m0/s1. The minimum absolute atomic E-state index is 0.0544. The second kappa shape index (κ2) is 2.75. The fraction of sp³-hybridized carbons (Fsp3) is 0.900. The van der Waals surface area contributed by atoms with Crippen molar-refractivity contribution in [1.82, 2.24) is 0 Å². The Morgan fingerprint density at radius 3 is 2.67 bits per heavy atom. The van der Waals surface area contributed by atoms with Crippen LogP contribution in [0.5, 0.6) is 0 Å². The van der Waals surface area contributed by atoms with E-state index in [1.165, 1.54) is 6.42 Å². The maximum absolute atomic E-state index is 11.2. The molecule has 1 heterocycles. The summed E-state index contributed by atoms with van der Waals surface area (Å²) in [5, 5.41) is 0. The number of carbonyl (C=O) groups is 1. The second-order valence-electron chi connectivity index (χ2n) is 4.42. The van der Waals surface area contributed by atoms with Gasteiger partial charge in [-0.2, -0.15) is 0 Å². The molecule has 4 atom stereocenters. The molecular weight excluding hydrogens is 152 g/mol. The van der Waals surface area contributed by atoms with E-state index in [9.17, 15) is 4.79 Å². The lowest BCUT2D eigenvalue weighted by molar-refractivity contribution is -0.142. The Hall–Kier alpha value is -0.530. The van der Waals surface area contributed by atoms with Crippen LogP contribution in [0.4, 0.5) is 0 Å². The van der Waals surface area contributed by atoms with Gasteiger partial charge < -0.3 is 4.74 Å². The molecule has 0 spiro atoms. The zero-order valence-corrected chi connectivity index (χ0v) is 7.75. The van der Waals surface area contributed by atoms with E-state index >= 15 is 0 Å². The van der Waals surface area contributed by atoms with Gasteiger partial charge in [0.15, 0.2) is 0 Å². The van der Waals surface area contributed by atoms with Gasteiger partial charge in [0.05, 0.1) is 12.5 Å². The van der Waals surface area contributed by atoms with E-state index in [2.05, 4.69) is 13.8 Å². The van der Waals surface area contributed by atoms with E-state index in [-0.39, 0.29) is 11.9 Å². The first kappa shape index (κ1) is 8.09. The smallest absolute Gasteiger partial charge is 0.309 e. The van der Waals surface area contributed by atoms with Crippen molar-refractivity contribution in [1.29, 1.82) is 0 Å². The first-order valence-corrected chi connectivity index (χ1v) is 4.85. The molecule has 1 saturated carbocycles. The van der Waals surface area contributed by atoms with Crippen molar-refractivity contribution in [2.45, 2.75) is 26.7 Å². The maximum Gasteiger partial charge on any atom is 0.309 e. The van der Waals surface area contributed by atoms with Crippen molar-refractivity contribution in [2.24, 2.45) is 23.7 Å². The van der Waals surface area contributed by atoms with E-state index in [1.807, 2.05) is 0 Å². The molecule has 2 heteroatoms. The van der Waals surface area contributed by atoms with E-state index < -0.39 is 0 Å². The minimum Gasteiger partial charge on any atom is -0.465 e. The van der Waals surface area contributed by atoms with Gasteiger partial charge in [0, 0.05) is 5.92 Å². The summed E-state index contributed by atoms with van der Waals surface area (Å²) in [6, 6.07) is 0. The lowest BCUT2D eigenvalue weighted by atomic mass is 9.71. The fourth-order valence-electron chi connectivity index (χ4n) is 2.47. The second-order valence-corrected chi connectivity index (χ2v) is 4.42. The first-order chi connectivity index (χ1) is 5.68. The van der Waals surface area contributed by atoms with Crippen molar-refractivity contribution in [2.75, 3.05) is 6.61 Å². The number of esters is 1. The first-order valence-electron chi connectivity index (χ1n) is 4.85. The quantitative estimate of drug-likeness (QED) is 0.516. The van der Waals surface area contributed by atoms with Gasteiger partial charge in [-0.3, -0.25) is 4.79 Å². The van der Waals surface area contributed by atoms with Crippen LogP contribution in [0.2, 0.25) is 0 Å². The number of ether oxygens (including phenoxy) is 1. The molecule has 68 valence electrons. The highest BCUT2D eigenvalue weighted by molar-refractivity contribution is 5.74. The van der Waals surface area contributed by atoms with Crippen molar-refractivity contribution in [3.63, 3.8) is 0 Å². The van der Waals surface area contributed by atoms with E-state index in [4.69, 9.17) is 4.74 Å². The fourth-order valence-corrected chi connectivity index (χ4v) is 2.47. The Bertz CT molecular complexity index is 200. The summed E-state index contributed by atoms with van der Waals surface area (Å²) in [6.45, 7) is 5.21. The van der Waals surface area contributed by atoms with E-state index in [0.29, 0.717) is 18.4 Å². The van der Waals surface area contributed by atoms with Crippen LogP contribution in [0.3, 0.4) is 0 Å². The molecule has 0 radical (unpaired) electrons. The molecule has 0 unspecified atom stereocenters. The lowest BCUT2D eigenvalue weighted by Gasteiger charge is -2.31. The number of rotatable bonds is 0. The predicted molar refractivity (Wildman–Crippen MR) is 45.5 cm³/mol. The van der Waals surface area contributed by atoms with Crippen LogP contribution < -0.4 is 0 Å². The molecule has 2 aliphatic rings. The Morgan fingerprint density at radius 1 is 1.25 bits per heavy atom. The highest BCUT2D eigenvalue weighted by Gasteiger charge is 2.42. The molecular formula is C10H16O2. The Balaban J connectivity index is 2.09. The van der Waals surface area contributed by atoms with Crippen LogP contribution >= 0.6 is 0 Å². The molecule has 1 aliphatic carbocycles. The van der Waals surface area contributed by atoms with Crippen LogP contribution in [0.1, 0.15) is 26.7 Å². The van der Waals surface area contributed by atoms with Crippen LogP contribution in [-0.2, 0) is 9.53 Å². The van der Waals surface area contributed by atoms with Gasteiger partial charge in [0.1, 0.15) is 0 Å². The van der Waals surface area contributed by atoms with E-state index in [1.54, 1.807) is 0 Å². The van der Waals surface area contributed by atoms with Gasteiger partial charge in [0.25, 0.3) is 0 Å². The average molecular weight is 168 g/mol. The number of hydrogen-bond acceptors (Lipinski definition) is 2. The Labute approximate surface area is 73.3 Å². The van der Waals surface area contributed by atoms with Crippen molar-refractivity contribution in [3.8, 4) is 0 Å². The van der Waals surface area contributed by atoms with Crippen LogP contribution in [0.25, 0.3) is 0 Å².